The van der Waals surface area contributed by atoms with E-state index in [-0.39, 0.29) is 5.41 Å². The third kappa shape index (κ3) is 3.53. The third-order valence-corrected chi connectivity index (χ3v) is 5.16. The fourth-order valence-electron chi connectivity index (χ4n) is 3.68. The molecule has 0 saturated heterocycles. The van der Waals surface area contributed by atoms with Crippen molar-refractivity contribution in [2.45, 2.75) is 19.3 Å². The molecular formula is C23H23N3S. The zero-order valence-electron chi connectivity index (χ0n) is 15.6. The maximum Gasteiger partial charge on any atom is 0.175 e. The highest BCUT2D eigenvalue weighted by Crippen LogP contribution is 2.45. The van der Waals surface area contributed by atoms with Crippen molar-refractivity contribution in [3.8, 4) is 0 Å². The number of nitrogens with zero attached hydrogens (tertiary/aromatic N) is 1. The molecule has 0 fully saturated rings. The summed E-state index contributed by atoms with van der Waals surface area (Å²) in [6.07, 6.45) is 0. The van der Waals surface area contributed by atoms with Crippen LogP contribution in [-0.2, 0) is 5.41 Å². The van der Waals surface area contributed by atoms with Crippen molar-refractivity contribution < 1.29 is 0 Å². The van der Waals surface area contributed by atoms with E-state index in [0.29, 0.717) is 5.11 Å². The highest BCUT2D eigenvalue weighted by Gasteiger charge is 2.36. The Bertz CT molecular complexity index is 966. The van der Waals surface area contributed by atoms with Crippen LogP contribution in [0, 0.1) is 0 Å². The van der Waals surface area contributed by atoms with Crippen LogP contribution in [0.2, 0.25) is 0 Å². The summed E-state index contributed by atoms with van der Waals surface area (Å²) in [6, 6.07) is 26.9. The van der Waals surface area contributed by atoms with Gasteiger partial charge in [0.15, 0.2) is 5.11 Å². The number of rotatable bonds is 3. The Balaban J connectivity index is 1.62. The van der Waals surface area contributed by atoms with Gasteiger partial charge in [0.1, 0.15) is 0 Å². The molecule has 136 valence electrons. The summed E-state index contributed by atoms with van der Waals surface area (Å²) in [5.41, 5.74) is 5.85. The molecule has 3 aromatic carbocycles. The molecule has 3 nitrogen and oxygen atoms in total. The molecule has 0 amide bonds. The van der Waals surface area contributed by atoms with Gasteiger partial charge in [0.25, 0.3) is 0 Å². The van der Waals surface area contributed by atoms with Gasteiger partial charge in [-0.15, -0.1) is 0 Å². The third-order valence-electron chi connectivity index (χ3n) is 4.95. The van der Waals surface area contributed by atoms with Gasteiger partial charge in [-0.1, -0.05) is 62.4 Å². The van der Waals surface area contributed by atoms with Crippen molar-refractivity contribution in [1.29, 1.82) is 0 Å². The summed E-state index contributed by atoms with van der Waals surface area (Å²) >= 11 is 5.53. The zero-order chi connectivity index (χ0) is 18.9. The number of hydrogen-bond donors (Lipinski definition) is 2. The van der Waals surface area contributed by atoms with Crippen molar-refractivity contribution in [2.75, 3.05) is 22.1 Å². The first-order valence-electron chi connectivity index (χ1n) is 9.14. The monoisotopic (exact) mass is 373 g/mol. The summed E-state index contributed by atoms with van der Waals surface area (Å²) in [6.45, 7) is 5.52. The predicted molar refractivity (Wildman–Crippen MR) is 119 cm³/mol. The summed E-state index contributed by atoms with van der Waals surface area (Å²) in [5.74, 6) is 0. The molecule has 4 heteroatoms. The van der Waals surface area contributed by atoms with Crippen LogP contribution in [0.5, 0.6) is 0 Å². The SMILES string of the molecule is CC1(C)CN(c2ccccc2NC(=S)Nc2ccccc2)c2ccccc21. The number of anilines is 4. The maximum atomic E-state index is 5.53. The molecule has 0 bridgehead atoms. The maximum absolute atomic E-state index is 5.53. The normalized spacial score (nSPS) is 14.5. The van der Waals surface area contributed by atoms with Crippen LogP contribution in [-0.4, -0.2) is 11.7 Å². The van der Waals surface area contributed by atoms with Crippen LogP contribution in [0.15, 0.2) is 78.9 Å². The molecule has 0 radical (unpaired) electrons. The van der Waals surface area contributed by atoms with Crippen LogP contribution in [0.3, 0.4) is 0 Å². The van der Waals surface area contributed by atoms with E-state index in [1.807, 2.05) is 36.4 Å². The molecule has 0 aliphatic carbocycles. The number of nitrogens with one attached hydrogen (secondary N) is 2. The zero-order valence-corrected chi connectivity index (χ0v) is 16.4. The first-order chi connectivity index (χ1) is 13.0. The Labute approximate surface area is 166 Å². The molecule has 1 aliphatic heterocycles. The van der Waals surface area contributed by atoms with Gasteiger partial charge in [-0.25, -0.2) is 0 Å². The van der Waals surface area contributed by atoms with E-state index in [2.05, 4.69) is 71.8 Å². The lowest BCUT2D eigenvalue weighted by atomic mass is 9.87. The van der Waals surface area contributed by atoms with Crippen molar-refractivity contribution in [3.05, 3.63) is 84.4 Å². The number of hydrogen-bond acceptors (Lipinski definition) is 2. The van der Waals surface area contributed by atoms with Crippen molar-refractivity contribution in [3.63, 3.8) is 0 Å². The lowest BCUT2D eigenvalue weighted by Gasteiger charge is -2.25. The molecule has 1 aliphatic rings. The minimum absolute atomic E-state index is 0.104. The van der Waals surface area contributed by atoms with Gasteiger partial charge in [-0.3, -0.25) is 0 Å². The quantitative estimate of drug-likeness (QED) is 0.557. The predicted octanol–water partition coefficient (Wildman–Crippen LogP) is 5.92. The van der Waals surface area contributed by atoms with Gasteiger partial charge >= 0.3 is 0 Å². The summed E-state index contributed by atoms with van der Waals surface area (Å²) in [7, 11) is 0. The molecular weight excluding hydrogens is 350 g/mol. The molecule has 0 unspecified atom stereocenters. The fraction of sp³-hybridized carbons (Fsp3) is 0.174. The Morgan fingerprint density at radius 1 is 0.815 bits per heavy atom. The lowest BCUT2D eigenvalue weighted by molar-refractivity contribution is 0.569. The molecule has 1 heterocycles. The van der Waals surface area contributed by atoms with E-state index in [0.717, 1.165) is 23.6 Å². The number of fused-ring (bicyclic) bond motifs is 1. The standard InChI is InChI=1S/C23H23N3S/c1-23(2)16-26(20-14-8-6-12-18(20)23)21-15-9-7-13-19(21)25-22(27)24-17-10-4-3-5-11-17/h3-15H,16H2,1-2H3,(H2,24,25,27). The average Bonchev–Trinajstić information content (AvgIpc) is 2.94. The number of para-hydroxylation sites is 4. The minimum atomic E-state index is 0.104. The number of benzene rings is 3. The fourth-order valence-corrected chi connectivity index (χ4v) is 3.91. The smallest absolute Gasteiger partial charge is 0.175 e. The van der Waals surface area contributed by atoms with Gasteiger partial charge in [-0.05, 0) is 48.1 Å². The van der Waals surface area contributed by atoms with Gasteiger partial charge in [-0.2, -0.15) is 0 Å². The molecule has 4 rings (SSSR count). The second-order valence-corrected chi connectivity index (χ2v) is 7.86. The Hall–Kier alpha value is -2.85. The average molecular weight is 374 g/mol. The van der Waals surface area contributed by atoms with E-state index < -0.39 is 0 Å². The van der Waals surface area contributed by atoms with E-state index in [4.69, 9.17) is 12.2 Å². The van der Waals surface area contributed by atoms with Crippen molar-refractivity contribution in [2.24, 2.45) is 0 Å². The van der Waals surface area contributed by atoms with Gasteiger partial charge in [0.05, 0.1) is 11.4 Å². The molecule has 0 atom stereocenters. The molecule has 0 aromatic heterocycles. The van der Waals surface area contributed by atoms with Gasteiger partial charge in [0, 0.05) is 23.3 Å². The van der Waals surface area contributed by atoms with E-state index >= 15 is 0 Å². The lowest BCUT2D eigenvalue weighted by Crippen LogP contribution is -2.26. The second kappa shape index (κ2) is 7.05. The van der Waals surface area contributed by atoms with E-state index in [1.165, 1.54) is 11.3 Å². The van der Waals surface area contributed by atoms with Gasteiger partial charge in [0.2, 0.25) is 0 Å². The summed E-state index contributed by atoms with van der Waals surface area (Å²) < 4.78 is 0. The Morgan fingerprint density at radius 2 is 1.44 bits per heavy atom. The number of thiocarbonyl (C=S) groups is 1. The van der Waals surface area contributed by atoms with Crippen LogP contribution >= 0.6 is 12.2 Å². The minimum Gasteiger partial charge on any atom is -0.339 e. The first-order valence-corrected chi connectivity index (χ1v) is 9.54. The van der Waals surface area contributed by atoms with Crippen LogP contribution < -0.4 is 15.5 Å². The topological polar surface area (TPSA) is 27.3 Å². The van der Waals surface area contributed by atoms with Crippen LogP contribution in [0.1, 0.15) is 19.4 Å². The van der Waals surface area contributed by atoms with Crippen molar-refractivity contribution in [1.82, 2.24) is 0 Å². The largest absolute Gasteiger partial charge is 0.339 e. The highest BCUT2D eigenvalue weighted by atomic mass is 32.1. The van der Waals surface area contributed by atoms with E-state index in [9.17, 15) is 0 Å². The first kappa shape index (κ1) is 17.6. The van der Waals surface area contributed by atoms with Crippen molar-refractivity contribution >= 4 is 40.1 Å². The molecule has 2 N–H and O–H groups in total. The van der Waals surface area contributed by atoms with Crippen LogP contribution in [0.25, 0.3) is 0 Å². The second-order valence-electron chi connectivity index (χ2n) is 7.45. The molecule has 0 spiro atoms. The molecule has 27 heavy (non-hydrogen) atoms. The molecule has 0 saturated carbocycles. The van der Waals surface area contributed by atoms with Gasteiger partial charge < -0.3 is 15.5 Å². The Morgan fingerprint density at radius 3 is 2.22 bits per heavy atom. The van der Waals surface area contributed by atoms with Crippen LogP contribution in [0.4, 0.5) is 22.7 Å². The molecule has 3 aromatic rings. The highest BCUT2D eigenvalue weighted by molar-refractivity contribution is 7.80. The Kier molecular flexibility index (Phi) is 4.58. The van der Waals surface area contributed by atoms with E-state index in [1.54, 1.807) is 0 Å². The summed E-state index contributed by atoms with van der Waals surface area (Å²) in [4.78, 5) is 2.38. The summed E-state index contributed by atoms with van der Waals surface area (Å²) in [5, 5.41) is 7.20.